The summed E-state index contributed by atoms with van der Waals surface area (Å²) in [5.74, 6) is -0.222. The summed E-state index contributed by atoms with van der Waals surface area (Å²) in [6.07, 6.45) is 6.01. The van der Waals surface area contributed by atoms with E-state index in [-0.39, 0.29) is 12.1 Å². The molecular formula is C16H14N6O2. The molecule has 0 atom stereocenters. The van der Waals surface area contributed by atoms with Gasteiger partial charge in [-0.1, -0.05) is 6.07 Å². The number of hydrogen-bond acceptors (Lipinski definition) is 6. The van der Waals surface area contributed by atoms with Crippen molar-refractivity contribution in [3.63, 3.8) is 0 Å². The Balaban J connectivity index is 1.73. The fourth-order valence-electron chi connectivity index (χ4n) is 1.97. The molecule has 0 saturated carbocycles. The predicted octanol–water partition coefficient (Wildman–Crippen LogP) is 0.860. The number of aromatic amines is 1. The lowest BCUT2D eigenvalue weighted by molar-refractivity contribution is 0.0948. The van der Waals surface area contributed by atoms with Gasteiger partial charge < -0.3 is 10.3 Å². The van der Waals surface area contributed by atoms with Gasteiger partial charge in [-0.2, -0.15) is 0 Å². The molecule has 0 aliphatic rings. The number of hydrogen-bond donors (Lipinski definition) is 2. The van der Waals surface area contributed by atoms with E-state index in [1.807, 2.05) is 6.92 Å². The van der Waals surface area contributed by atoms with E-state index >= 15 is 0 Å². The molecule has 0 saturated heterocycles. The number of carbonyl (C=O) groups excluding carboxylic acids is 1. The number of aryl methyl sites for hydroxylation is 1. The fraction of sp³-hybridized carbons (Fsp3) is 0.125. The number of nitrogens with zero attached hydrogens (tertiary/aromatic N) is 4. The highest BCUT2D eigenvalue weighted by molar-refractivity contribution is 5.93. The Morgan fingerprint density at radius 2 is 2.00 bits per heavy atom. The van der Waals surface area contributed by atoms with E-state index in [2.05, 4.69) is 30.2 Å². The van der Waals surface area contributed by atoms with Crippen molar-refractivity contribution in [1.82, 2.24) is 30.2 Å². The first-order chi connectivity index (χ1) is 11.6. The third kappa shape index (κ3) is 3.49. The minimum Gasteiger partial charge on any atom is -0.346 e. The van der Waals surface area contributed by atoms with Crippen LogP contribution in [0.2, 0.25) is 0 Å². The maximum Gasteiger partial charge on any atom is 0.264 e. The second kappa shape index (κ2) is 6.78. The number of amides is 1. The summed E-state index contributed by atoms with van der Waals surface area (Å²) in [7, 11) is 0. The zero-order chi connectivity index (χ0) is 16.9. The van der Waals surface area contributed by atoms with Crippen LogP contribution in [-0.4, -0.2) is 30.8 Å². The van der Waals surface area contributed by atoms with E-state index in [9.17, 15) is 9.59 Å². The quantitative estimate of drug-likeness (QED) is 0.736. The molecule has 8 heteroatoms. The molecule has 0 radical (unpaired) electrons. The van der Waals surface area contributed by atoms with E-state index in [1.54, 1.807) is 36.8 Å². The molecule has 24 heavy (non-hydrogen) atoms. The Labute approximate surface area is 137 Å². The van der Waals surface area contributed by atoms with Gasteiger partial charge in [0.1, 0.15) is 11.3 Å². The van der Waals surface area contributed by atoms with Crippen LogP contribution < -0.4 is 10.9 Å². The van der Waals surface area contributed by atoms with Crippen molar-refractivity contribution in [2.45, 2.75) is 13.5 Å². The Hall–Kier alpha value is -3.42. The van der Waals surface area contributed by atoms with Crippen LogP contribution in [-0.2, 0) is 6.54 Å². The lowest BCUT2D eigenvalue weighted by Crippen LogP contribution is -2.30. The third-order valence-electron chi connectivity index (χ3n) is 3.22. The van der Waals surface area contributed by atoms with Crippen LogP contribution in [0.3, 0.4) is 0 Å². The standard InChI is InChI=1S/C16H14N6O2/c1-10-6-19-11(7-18-10)8-21-15(23)12-9-20-14(22-16(12)24)13-4-2-3-5-17-13/h2-7,9H,8H2,1H3,(H,21,23)(H,20,22,24). The van der Waals surface area contributed by atoms with Gasteiger partial charge in [-0.3, -0.25) is 24.5 Å². The summed E-state index contributed by atoms with van der Waals surface area (Å²) >= 11 is 0. The van der Waals surface area contributed by atoms with Crippen LogP contribution in [0.15, 0.2) is 47.8 Å². The monoisotopic (exact) mass is 322 g/mol. The van der Waals surface area contributed by atoms with E-state index in [4.69, 9.17) is 0 Å². The maximum atomic E-state index is 12.1. The van der Waals surface area contributed by atoms with Gasteiger partial charge in [0.05, 0.1) is 24.1 Å². The Morgan fingerprint density at radius 3 is 2.67 bits per heavy atom. The van der Waals surface area contributed by atoms with E-state index in [0.29, 0.717) is 17.2 Å². The highest BCUT2D eigenvalue weighted by atomic mass is 16.2. The molecule has 0 unspecified atom stereocenters. The molecule has 120 valence electrons. The summed E-state index contributed by atoms with van der Waals surface area (Å²) in [4.78, 5) is 43.2. The summed E-state index contributed by atoms with van der Waals surface area (Å²) < 4.78 is 0. The van der Waals surface area contributed by atoms with Gasteiger partial charge in [-0.05, 0) is 19.1 Å². The first-order valence-electron chi connectivity index (χ1n) is 7.20. The number of nitrogens with one attached hydrogen (secondary N) is 2. The second-order valence-electron chi connectivity index (χ2n) is 5.02. The molecule has 3 aromatic rings. The summed E-state index contributed by atoms with van der Waals surface area (Å²) in [5, 5.41) is 2.62. The number of aromatic nitrogens is 5. The molecule has 8 nitrogen and oxygen atoms in total. The van der Waals surface area contributed by atoms with Gasteiger partial charge >= 0.3 is 0 Å². The van der Waals surface area contributed by atoms with Crippen LogP contribution in [0.25, 0.3) is 11.5 Å². The number of pyridine rings is 1. The first kappa shape index (κ1) is 15.5. The predicted molar refractivity (Wildman–Crippen MR) is 86.0 cm³/mol. The van der Waals surface area contributed by atoms with Crippen molar-refractivity contribution in [1.29, 1.82) is 0 Å². The van der Waals surface area contributed by atoms with Crippen molar-refractivity contribution in [3.05, 3.63) is 70.3 Å². The first-order valence-corrected chi connectivity index (χ1v) is 7.20. The van der Waals surface area contributed by atoms with Crippen molar-refractivity contribution < 1.29 is 4.79 Å². The van der Waals surface area contributed by atoms with E-state index in [1.165, 1.54) is 6.20 Å². The largest absolute Gasteiger partial charge is 0.346 e. The average Bonchev–Trinajstić information content (AvgIpc) is 2.61. The van der Waals surface area contributed by atoms with E-state index < -0.39 is 11.5 Å². The van der Waals surface area contributed by atoms with Gasteiger partial charge in [-0.15, -0.1) is 0 Å². The summed E-state index contributed by atoms with van der Waals surface area (Å²) in [6, 6.07) is 5.26. The fourth-order valence-corrected chi connectivity index (χ4v) is 1.97. The Morgan fingerprint density at radius 1 is 1.12 bits per heavy atom. The molecule has 3 rings (SSSR count). The van der Waals surface area contributed by atoms with Crippen molar-refractivity contribution in [2.24, 2.45) is 0 Å². The van der Waals surface area contributed by atoms with Crippen LogP contribution >= 0.6 is 0 Å². The number of H-pyrrole nitrogens is 1. The van der Waals surface area contributed by atoms with Crippen LogP contribution in [0.1, 0.15) is 21.7 Å². The molecule has 3 aromatic heterocycles. The third-order valence-corrected chi connectivity index (χ3v) is 3.22. The van der Waals surface area contributed by atoms with Gasteiger partial charge in [0, 0.05) is 18.6 Å². The molecular weight excluding hydrogens is 308 g/mol. The normalized spacial score (nSPS) is 10.4. The molecule has 0 aliphatic heterocycles. The maximum absolute atomic E-state index is 12.1. The van der Waals surface area contributed by atoms with Gasteiger partial charge in [0.15, 0.2) is 5.82 Å². The second-order valence-corrected chi connectivity index (χ2v) is 5.02. The molecule has 0 bridgehead atoms. The topological polar surface area (TPSA) is 114 Å². The van der Waals surface area contributed by atoms with Crippen molar-refractivity contribution in [2.75, 3.05) is 0 Å². The Kier molecular flexibility index (Phi) is 4.37. The zero-order valence-corrected chi connectivity index (χ0v) is 12.9. The molecule has 0 aromatic carbocycles. The lowest BCUT2D eigenvalue weighted by atomic mass is 10.3. The van der Waals surface area contributed by atoms with Crippen LogP contribution in [0, 0.1) is 6.92 Å². The minimum absolute atomic E-state index is 0.0743. The Bertz CT molecular complexity index is 906. The molecule has 0 aliphatic carbocycles. The highest BCUT2D eigenvalue weighted by Gasteiger charge is 2.13. The number of rotatable bonds is 4. The lowest BCUT2D eigenvalue weighted by Gasteiger charge is -2.05. The van der Waals surface area contributed by atoms with Gasteiger partial charge in [0.2, 0.25) is 0 Å². The van der Waals surface area contributed by atoms with Gasteiger partial charge in [0.25, 0.3) is 11.5 Å². The van der Waals surface area contributed by atoms with Crippen LogP contribution in [0.5, 0.6) is 0 Å². The molecule has 3 heterocycles. The smallest absolute Gasteiger partial charge is 0.264 e. The minimum atomic E-state index is -0.529. The molecule has 2 N–H and O–H groups in total. The SMILES string of the molecule is Cc1cnc(CNC(=O)c2cnc(-c3ccccn3)[nH]c2=O)cn1. The zero-order valence-electron chi connectivity index (χ0n) is 12.9. The van der Waals surface area contributed by atoms with E-state index in [0.717, 1.165) is 5.69 Å². The summed E-state index contributed by atoms with van der Waals surface area (Å²) in [6.45, 7) is 2.00. The van der Waals surface area contributed by atoms with Gasteiger partial charge in [-0.25, -0.2) is 4.98 Å². The molecule has 0 fully saturated rings. The van der Waals surface area contributed by atoms with Crippen molar-refractivity contribution >= 4 is 5.91 Å². The van der Waals surface area contributed by atoms with Crippen LogP contribution in [0.4, 0.5) is 0 Å². The molecule has 1 amide bonds. The molecule has 0 spiro atoms. The average molecular weight is 322 g/mol. The van der Waals surface area contributed by atoms with Crippen molar-refractivity contribution in [3.8, 4) is 11.5 Å². The number of carbonyl (C=O) groups is 1. The highest BCUT2D eigenvalue weighted by Crippen LogP contribution is 2.08. The summed E-state index contributed by atoms with van der Waals surface area (Å²) in [5.41, 5.74) is 1.31.